The Morgan fingerprint density at radius 2 is 2.27 bits per heavy atom. The number of nitrogens with one attached hydrogen (secondary N) is 1. The molecule has 22 heavy (non-hydrogen) atoms. The third kappa shape index (κ3) is 3.45. The van der Waals surface area contributed by atoms with E-state index in [2.05, 4.69) is 15.5 Å². The zero-order valence-electron chi connectivity index (χ0n) is 12.6. The van der Waals surface area contributed by atoms with Crippen molar-refractivity contribution in [2.45, 2.75) is 32.4 Å². The van der Waals surface area contributed by atoms with Crippen molar-refractivity contribution in [3.63, 3.8) is 0 Å². The van der Waals surface area contributed by atoms with Crippen molar-refractivity contribution in [1.82, 2.24) is 20.1 Å². The minimum Gasteiger partial charge on any atom is -0.375 e. The Bertz CT molecular complexity index is 658. The first-order valence-corrected chi connectivity index (χ1v) is 7.46. The lowest BCUT2D eigenvalue weighted by Gasteiger charge is -2.26. The summed E-state index contributed by atoms with van der Waals surface area (Å²) in [7, 11) is 0. The van der Waals surface area contributed by atoms with Gasteiger partial charge in [-0.1, -0.05) is 30.7 Å². The van der Waals surface area contributed by atoms with Crippen LogP contribution >= 0.6 is 11.6 Å². The van der Waals surface area contributed by atoms with E-state index < -0.39 is 11.5 Å². The summed E-state index contributed by atoms with van der Waals surface area (Å²) >= 11 is 5.94. The van der Waals surface area contributed by atoms with Crippen LogP contribution in [0.15, 0.2) is 30.6 Å². The van der Waals surface area contributed by atoms with Crippen molar-refractivity contribution in [3.8, 4) is 0 Å². The summed E-state index contributed by atoms with van der Waals surface area (Å²) in [6.07, 6.45) is 1.86. The van der Waals surface area contributed by atoms with Crippen molar-refractivity contribution in [2.75, 3.05) is 6.54 Å². The van der Waals surface area contributed by atoms with E-state index >= 15 is 0 Å². The van der Waals surface area contributed by atoms with Crippen LogP contribution in [0.4, 0.5) is 0 Å². The van der Waals surface area contributed by atoms with Crippen molar-refractivity contribution >= 4 is 17.5 Å². The Morgan fingerprint density at radius 1 is 1.50 bits per heavy atom. The number of carbonyl (C=O) groups is 1. The van der Waals surface area contributed by atoms with Gasteiger partial charge in [0.05, 0.1) is 0 Å². The first kappa shape index (κ1) is 16.5. The fourth-order valence-electron chi connectivity index (χ4n) is 2.21. The molecular formula is C15H19ClN4O2. The molecule has 2 rings (SSSR count). The third-order valence-corrected chi connectivity index (χ3v) is 3.87. The molecule has 1 atom stereocenters. The number of halogens is 1. The average molecular weight is 323 g/mol. The van der Waals surface area contributed by atoms with Gasteiger partial charge in [0.1, 0.15) is 12.2 Å². The molecule has 0 saturated carbocycles. The van der Waals surface area contributed by atoms with E-state index in [0.717, 1.165) is 5.82 Å². The highest BCUT2D eigenvalue weighted by Gasteiger charge is 2.35. The molecule has 0 unspecified atom stereocenters. The molecule has 1 amide bonds. The SMILES string of the molecule is CC[C@@](O)(C(=O)NCCn1cnnc1C)c1cccc(Cl)c1. The van der Waals surface area contributed by atoms with E-state index in [1.54, 1.807) is 37.5 Å². The van der Waals surface area contributed by atoms with Crippen molar-refractivity contribution in [2.24, 2.45) is 0 Å². The van der Waals surface area contributed by atoms with Crippen LogP contribution in [0.1, 0.15) is 24.7 Å². The molecule has 0 fully saturated rings. The Hall–Kier alpha value is -1.92. The Balaban J connectivity index is 2.04. The van der Waals surface area contributed by atoms with Gasteiger partial charge >= 0.3 is 0 Å². The van der Waals surface area contributed by atoms with Gasteiger partial charge in [0.15, 0.2) is 5.60 Å². The topological polar surface area (TPSA) is 80.0 Å². The highest BCUT2D eigenvalue weighted by molar-refractivity contribution is 6.30. The van der Waals surface area contributed by atoms with E-state index in [0.29, 0.717) is 23.7 Å². The molecule has 0 aliphatic carbocycles. The molecule has 1 heterocycles. The summed E-state index contributed by atoms with van der Waals surface area (Å²) in [6.45, 7) is 4.51. The van der Waals surface area contributed by atoms with Gasteiger partial charge in [-0.15, -0.1) is 10.2 Å². The number of aliphatic hydroxyl groups is 1. The molecule has 0 spiro atoms. The lowest BCUT2D eigenvalue weighted by Crippen LogP contribution is -2.45. The second-order valence-electron chi connectivity index (χ2n) is 5.05. The Morgan fingerprint density at radius 3 is 2.86 bits per heavy atom. The van der Waals surface area contributed by atoms with Gasteiger partial charge in [0.25, 0.3) is 5.91 Å². The number of nitrogens with zero attached hydrogens (tertiary/aromatic N) is 3. The number of amides is 1. The summed E-state index contributed by atoms with van der Waals surface area (Å²) < 4.78 is 1.82. The summed E-state index contributed by atoms with van der Waals surface area (Å²) in [5.41, 5.74) is -1.10. The number of aromatic nitrogens is 3. The molecule has 118 valence electrons. The van der Waals surface area contributed by atoms with Crippen LogP contribution in [0.3, 0.4) is 0 Å². The molecule has 2 aromatic rings. The number of hydrogen-bond acceptors (Lipinski definition) is 4. The lowest BCUT2D eigenvalue weighted by atomic mass is 9.90. The Labute approximate surface area is 134 Å². The van der Waals surface area contributed by atoms with Crippen molar-refractivity contribution in [3.05, 3.63) is 47.0 Å². The molecule has 7 heteroatoms. The summed E-state index contributed by atoms with van der Waals surface area (Å²) in [4.78, 5) is 12.4. The van der Waals surface area contributed by atoms with Crippen LogP contribution in [0.5, 0.6) is 0 Å². The fraction of sp³-hybridized carbons (Fsp3) is 0.400. The minimum absolute atomic E-state index is 0.255. The molecule has 0 aliphatic heterocycles. The monoisotopic (exact) mass is 322 g/mol. The molecule has 1 aromatic carbocycles. The smallest absolute Gasteiger partial charge is 0.256 e. The third-order valence-electron chi connectivity index (χ3n) is 3.64. The molecule has 1 aromatic heterocycles. The zero-order valence-corrected chi connectivity index (χ0v) is 13.3. The van der Waals surface area contributed by atoms with Crippen LogP contribution in [-0.4, -0.2) is 32.3 Å². The van der Waals surface area contributed by atoms with Crippen LogP contribution < -0.4 is 5.32 Å². The van der Waals surface area contributed by atoms with Crippen molar-refractivity contribution < 1.29 is 9.90 Å². The number of benzene rings is 1. The predicted octanol–water partition coefficient (Wildman–Crippen LogP) is 1.65. The van der Waals surface area contributed by atoms with Crippen LogP contribution in [-0.2, 0) is 16.9 Å². The molecule has 0 radical (unpaired) electrons. The Kier molecular flexibility index (Phi) is 5.15. The standard InChI is InChI=1S/C15H19ClN4O2/c1-3-15(22,12-5-4-6-13(16)9-12)14(21)17-7-8-20-10-18-19-11(20)2/h4-6,9-10,22H,3,7-8H2,1-2H3,(H,17,21)/t15-/m0/s1. The maximum atomic E-state index is 12.4. The van der Waals surface area contributed by atoms with E-state index in [1.807, 2.05) is 11.5 Å². The van der Waals surface area contributed by atoms with E-state index in [4.69, 9.17) is 11.6 Å². The molecule has 2 N–H and O–H groups in total. The maximum Gasteiger partial charge on any atom is 0.256 e. The van der Waals surface area contributed by atoms with Crippen LogP contribution in [0, 0.1) is 6.92 Å². The van der Waals surface area contributed by atoms with Gasteiger partial charge < -0.3 is 15.0 Å². The first-order valence-electron chi connectivity index (χ1n) is 7.08. The van der Waals surface area contributed by atoms with E-state index in [9.17, 15) is 9.90 Å². The van der Waals surface area contributed by atoms with Gasteiger partial charge in [-0.3, -0.25) is 4.79 Å². The number of rotatable bonds is 6. The van der Waals surface area contributed by atoms with E-state index in [1.165, 1.54) is 0 Å². The fourth-order valence-corrected chi connectivity index (χ4v) is 2.40. The molecular weight excluding hydrogens is 304 g/mol. The van der Waals surface area contributed by atoms with Gasteiger partial charge in [-0.05, 0) is 31.0 Å². The average Bonchev–Trinajstić information content (AvgIpc) is 2.91. The normalized spacial score (nSPS) is 13.6. The molecule has 0 aliphatic rings. The number of carbonyl (C=O) groups excluding carboxylic acids is 1. The maximum absolute atomic E-state index is 12.4. The highest BCUT2D eigenvalue weighted by atomic mass is 35.5. The second kappa shape index (κ2) is 6.89. The van der Waals surface area contributed by atoms with Crippen molar-refractivity contribution in [1.29, 1.82) is 0 Å². The number of hydrogen-bond donors (Lipinski definition) is 2. The van der Waals surface area contributed by atoms with Crippen LogP contribution in [0.25, 0.3) is 0 Å². The van der Waals surface area contributed by atoms with Gasteiger partial charge in [-0.25, -0.2) is 0 Å². The predicted molar refractivity (Wildman–Crippen MR) is 83.4 cm³/mol. The molecule has 0 saturated heterocycles. The minimum atomic E-state index is -1.59. The number of aryl methyl sites for hydroxylation is 1. The second-order valence-corrected chi connectivity index (χ2v) is 5.49. The van der Waals surface area contributed by atoms with Gasteiger partial charge in [0.2, 0.25) is 0 Å². The summed E-state index contributed by atoms with van der Waals surface area (Å²) in [6, 6.07) is 6.72. The lowest BCUT2D eigenvalue weighted by molar-refractivity contribution is -0.141. The van der Waals surface area contributed by atoms with Gasteiger partial charge in [-0.2, -0.15) is 0 Å². The van der Waals surface area contributed by atoms with E-state index in [-0.39, 0.29) is 6.42 Å². The zero-order chi connectivity index (χ0) is 16.2. The summed E-state index contributed by atoms with van der Waals surface area (Å²) in [5.74, 6) is 0.331. The molecule has 6 nitrogen and oxygen atoms in total. The van der Waals surface area contributed by atoms with Gasteiger partial charge in [0, 0.05) is 18.1 Å². The largest absolute Gasteiger partial charge is 0.375 e. The quantitative estimate of drug-likeness (QED) is 0.847. The molecule has 0 bridgehead atoms. The highest BCUT2D eigenvalue weighted by Crippen LogP contribution is 2.27. The summed E-state index contributed by atoms with van der Waals surface area (Å²) in [5, 5.41) is 21.6. The van der Waals surface area contributed by atoms with Crippen LogP contribution in [0.2, 0.25) is 5.02 Å². The first-order chi connectivity index (χ1) is 10.5.